The van der Waals surface area contributed by atoms with E-state index in [1.807, 2.05) is 13.0 Å². The van der Waals surface area contributed by atoms with Gasteiger partial charge in [-0.3, -0.25) is 0 Å². The van der Waals surface area contributed by atoms with Gasteiger partial charge >= 0.3 is 0 Å². The molecule has 0 atom stereocenters. The predicted octanol–water partition coefficient (Wildman–Crippen LogP) is 2.41. The van der Waals surface area contributed by atoms with Crippen LogP contribution in [0.3, 0.4) is 0 Å². The summed E-state index contributed by atoms with van der Waals surface area (Å²) in [6.45, 7) is 2.29. The van der Waals surface area contributed by atoms with Gasteiger partial charge < -0.3 is 15.2 Å². The monoisotopic (exact) mass is 239 g/mol. The molecule has 1 saturated carbocycles. The Morgan fingerprint density at radius 3 is 2.75 bits per heavy atom. The minimum absolute atomic E-state index is 0.0121. The Bertz CT molecular complexity index is 455. The smallest absolute Gasteiger partial charge is 0.231 e. The van der Waals surface area contributed by atoms with E-state index in [-0.39, 0.29) is 12.3 Å². The van der Waals surface area contributed by atoms with E-state index >= 15 is 0 Å². The highest BCUT2D eigenvalue weighted by molar-refractivity contribution is 6.32. The van der Waals surface area contributed by atoms with E-state index in [0.717, 1.165) is 30.6 Å². The van der Waals surface area contributed by atoms with Gasteiger partial charge in [0.05, 0.1) is 5.02 Å². The number of fused-ring (bicyclic) bond motifs is 1. The van der Waals surface area contributed by atoms with Gasteiger partial charge in [0.25, 0.3) is 0 Å². The molecule has 1 aliphatic carbocycles. The Kier molecular flexibility index (Phi) is 2.10. The Balaban J connectivity index is 2.02. The maximum Gasteiger partial charge on any atom is 0.231 e. The van der Waals surface area contributed by atoms with E-state index in [1.165, 1.54) is 5.56 Å². The van der Waals surface area contributed by atoms with Gasteiger partial charge in [-0.15, -0.1) is 0 Å². The molecular weight excluding hydrogens is 226 g/mol. The molecule has 1 aromatic rings. The summed E-state index contributed by atoms with van der Waals surface area (Å²) < 4.78 is 10.8. The van der Waals surface area contributed by atoms with Crippen LogP contribution in [-0.4, -0.2) is 12.3 Å². The fourth-order valence-corrected chi connectivity index (χ4v) is 2.38. The lowest BCUT2D eigenvalue weighted by molar-refractivity contribution is 0.173. The molecule has 1 aromatic carbocycles. The summed E-state index contributed by atoms with van der Waals surface area (Å²) in [4.78, 5) is 0. The van der Waals surface area contributed by atoms with Crippen molar-refractivity contribution < 1.29 is 9.47 Å². The van der Waals surface area contributed by atoms with E-state index in [1.54, 1.807) is 0 Å². The second-order valence-electron chi connectivity index (χ2n) is 4.75. The van der Waals surface area contributed by atoms with Crippen molar-refractivity contribution in [2.75, 3.05) is 6.79 Å². The molecule has 2 aliphatic rings. The first-order valence-corrected chi connectivity index (χ1v) is 5.83. The fraction of sp³-hybridized carbons (Fsp3) is 0.500. The average molecular weight is 240 g/mol. The van der Waals surface area contributed by atoms with Crippen LogP contribution in [0.5, 0.6) is 11.5 Å². The number of rotatable bonds is 2. The third-order valence-electron chi connectivity index (χ3n) is 3.39. The Hall–Kier alpha value is -0.930. The highest BCUT2D eigenvalue weighted by atomic mass is 35.5. The standard InChI is InChI=1S/C12H14ClNO2/c1-7-8(5-12(14)2-3-12)4-9(13)11-10(7)15-6-16-11/h4H,2-3,5-6,14H2,1H3. The maximum absolute atomic E-state index is 6.15. The van der Waals surface area contributed by atoms with E-state index in [0.29, 0.717) is 10.8 Å². The predicted molar refractivity (Wildman–Crippen MR) is 62.2 cm³/mol. The molecule has 16 heavy (non-hydrogen) atoms. The molecule has 1 fully saturated rings. The number of ether oxygens (including phenoxy) is 2. The zero-order chi connectivity index (χ0) is 11.3. The zero-order valence-corrected chi connectivity index (χ0v) is 9.93. The topological polar surface area (TPSA) is 44.5 Å². The zero-order valence-electron chi connectivity index (χ0n) is 9.18. The molecule has 4 heteroatoms. The van der Waals surface area contributed by atoms with E-state index in [2.05, 4.69) is 0 Å². The third kappa shape index (κ3) is 1.55. The third-order valence-corrected chi connectivity index (χ3v) is 3.67. The molecule has 0 amide bonds. The summed E-state index contributed by atoms with van der Waals surface area (Å²) >= 11 is 6.15. The minimum Gasteiger partial charge on any atom is -0.453 e. The lowest BCUT2D eigenvalue weighted by Crippen LogP contribution is -2.24. The summed E-state index contributed by atoms with van der Waals surface area (Å²) in [6, 6.07) is 1.96. The molecule has 86 valence electrons. The first-order chi connectivity index (χ1) is 7.59. The van der Waals surface area contributed by atoms with Gasteiger partial charge in [-0.2, -0.15) is 0 Å². The van der Waals surface area contributed by atoms with Crippen LogP contribution in [0.2, 0.25) is 5.02 Å². The Morgan fingerprint density at radius 1 is 1.38 bits per heavy atom. The number of benzene rings is 1. The molecule has 0 spiro atoms. The lowest BCUT2D eigenvalue weighted by atomic mass is 9.99. The Labute approximate surface area is 99.5 Å². The van der Waals surface area contributed by atoms with Gasteiger partial charge in [0.1, 0.15) is 0 Å². The normalized spacial score (nSPS) is 19.9. The highest BCUT2D eigenvalue weighted by Crippen LogP contribution is 2.45. The first kappa shape index (κ1) is 10.2. The van der Waals surface area contributed by atoms with Crippen LogP contribution in [0.15, 0.2) is 6.07 Å². The van der Waals surface area contributed by atoms with Crippen molar-refractivity contribution >= 4 is 11.6 Å². The molecule has 0 aromatic heterocycles. The van der Waals surface area contributed by atoms with Crippen molar-refractivity contribution in [3.8, 4) is 11.5 Å². The van der Waals surface area contributed by atoms with Crippen LogP contribution in [0.1, 0.15) is 24.0 Å². The summed E-state index contributed by atoms with van der Waals surface area (Å²) in [5, 5.41) is 0.623. The molecule has 0 unspecified atom stereocenters. The summed E-state index contributed by atoms with van der Waals surface area (Å²) in [6.07, 6.45) is 3.06. The molecule has 1 aliphatic heterocycles. The molecule has 2 N–H and O–H groups in total. The van der Waals surface area contributed by atoms with Crippen LogP contribution in [0.4, 0.5) is 0 Å². The van der Waals surface area contributed by atoms with Gasteiger partial charge in [-0.1, -0.05) is 11.6 Å². The lowest BCUT2D eigenvalue weighted by Gasteiger charge is -2.13. The second kappa shape index (κ2) is 3.28. The molecule has 3 nitrogen and oxygen atoms in total. The van der Waals surface area contributed by atoms with Crippen molar-refractivity contribution in [1.29, 1.82) is 0 Å². The maximum atomic E-state index is 6.15. The molecule has 1 heterocycles. The van der Waals surface area contributed by atoms with Crippen molar-refractivity contribution in [1.82, 2.24) is 0 Å². The molecule has 0 saturated heterocycles. The van der Waals surface area contributed by atoms with Crippen molar-refractivity contribution in [3.63, 3.8) is 0 Å². The second-order valence-corrected chi connectivity index (χ2v) is 5.15. The van der Waals surface area contributed by atoms with E-state index < -0.39 is 0 Å². The first-order valence-electron chi connectivity index (χ1n) is 5.45. The van der Waals surface area contributed by atoms with Crippen molar-refractivity contribution in [3.05, 3.63) is 22.2 Å². The largest absolute Gasteiger partial charge is 0.453 e. The summed E-state index contributed by atoms with van der Waals surface area (Å²) in [7, 11) is 0. The van der Waals surface area contributed by atoms with E-state index in [9.17, 15) is 0 Å². The van der Waals surface area contributed by atoms with Gasteiger partial charge in [0.15, 0.2) is 11.5 Å². The average Bonchev–Trinajstić information content (AvgIpc) is 2.81. The highest BCUT2D eigenvalue weighted by Gasteiger charge is 2.39. The van der Waals surface area contributed by atoms with Gasteiger partial charge in [0.2, 0.25) is 6.79 Å². The number of halogens is 1. The van der Waals surface area contributed by atoms with Crippen molar-refractivity contribution in [2.45, 2.75) is 31.7 Å². The van der Waals surface area contributed by atoms with Gasteiger partial charge in [-0.05, 0) is 43.4 Å². The molecular formula is C12H14ClNO2. The number of hydrogen-bond acceptors (Lipinski definition) is 3. The SMILES string of the molecule is Cc1c(CC2(N)CC2)cc(Cl)c2c1OCO2. The van der Waals surface area contributed by atoms with Crippen LogP contribution < -0.4 is 15.2 Å². The Morgan fingerprint density at radius 2 is 2.06 bits per heavy atom. The summed E-state index contributed by atoms with van der Waals surface area (Å²) in [5.74, 6) is 1.46. The van der Waals surface area contributed by atoms with Crippen molar-refractivity contribution in [2.24, 2.45) is 5.73 Å². The molecule has 0 radical (unpaired) electrons. The van der Waals surface area contributed by atoms with Gasteiger partial charge in [-0.25, -0.2) is 0 Å². The number of nitrogens with two attached hydrogens (primary N) is 1. The van der Waals surface area contributed by atoms with Crippen LogP contribution in [-0.2, 0) is 6.42 Å². The summed E-state index contributed by atoms with van der Waals surface area (Å²) in [5.41, 5.74) is 8.40. The minimum atomic E-state index is -0.0121. The fourth-order valence-electron chi connectivity index (χ4n) is 2.11. The van der Waals surface area contributed by atoms with Crippen LogP contribution >= 0.6 is 11.6 Å². The van der Waals surface area contributed by atoms with Gasteiger partial charge in [0, 0.05) is 5.54 Å². The van der Waals surface area contributed by atoms with Crippen LogP contribution in [0, 0.1) is 6.92 Å². The molecule has 0 bridgehead atoms. The quantitative estimate of drug-likeness (QED) is 0.862. The van der Waals surface area contributed by atoms with E-state index in [4.69, 9.17) is 26.8 Å². The molecule has 3 rings (SSSR count). The number of hydrogen-bond donors (Lipinski definition) is 1. The van der Waals surface area contributed by atoms with Crippen LogP contribution in [0.25, 0.3) is 0 Å².